The molecule has 2 nitrogen and oxygen atoms in total. The molecule has 0 radical (unpaired) electrons. The van der Waals surface area contributed by atoms with Crippen LogP contribution in [0.2, 0.25) is 0 Å². The Hall–Kier alpha value is -7.16. The van der Waals surface area contributed by atoms with Crippen LogP contribution in [0.5, 0.6) is 0 Å². The summed E-state index contributed by atoms with van der Waals surface area (Å²) in [6.07, 6.45) is 0. The number of fused-ring (bicyclic) bond motifs is 4. The predicted octanol–water partition coefficient (Wildman–Crippen LogP) is 14.9. The topological polar surface area (TPSA) is 16.4 Å². The van der Waals surface area contributed by atoms with Crippen LogP contribution in [0.25, 0.3) is 77.2 Å². The Morgan fingerprint density at radius 3 is 1.57 bits per heavy atom. The fourth-order valence-electron chi connectivity index (χ4n) is 7.79. The Morgan fingerprint density at radius 1 is 0.296 bits per heavy atom. The van der Waals surface area contributed by atoms with Crippen LogP contribution in [0.15, 0.2) is 217 Å². The van der Waals surface area contributed by atoms with E-state index in [2.05, 4.69) is 205 Å². The summed E-state index contributed by atoms with van der Waals surface area (Å²) in [4.78, 5) is 2.37. The lowest BCUT2D eigenvalue weighted by atomic mass is 9.90. The second-order valence-corrected chi connectivity index (χ2v) is 13.7. The number of nitrogens with zero attached hydrogens (tertiary/aromatic N) is 1. The third-order valence-electron chi connectivity index (χ3n) is 10.5. The molecule has 0 aliphatic heterocycles. The largest absolute Gasteiger partial charge is 0.456 e. The van der Waals surface area contributed by atoms with Crippen molar-refractivity contribution >= 4 is 49.8 Å². The minimum absolute atomic E-state index is 0.901. The molecule has 10 aromatic rings. The van der Waals surface area contributed by atoms with Gasteiger partial charge in [-0.1, -0.05) is 158 Å². The van der Waals surface area contributed by atoms with Crippen molar-refractivity contribution in [2.24, 2.45) is 0 Å². The van der Waals surface area contributed by atoms with Gasteiger partial charge in [-0.3, -0.25) is 0 Å². The molecule has 0 atom stereocenters. The highest BCUT2D eigenvalue weighted by atomic mass is 16.3. The molecule has 2 heteroatoms. The van der Waals surface area contributed by atoms with Crippen LogP contribution in [-0.2, 0) is 0 Å². The first-order valence-electron chi connectivity index (χ1n) is 18.4. The van der Waals surface area contributed by atoms with Crippen LogP contribution in [0.3, 0.4) is 0 Å². The van der Waals surface area contributed by atoms with E-state index in [1.165, 1.54) is 38.6 Å². The fourth-order valence-corrected chi connectivity index (χ4v) is 7.79. The van der Waals surface area contributed by atoms with Crippen molar-refractivity contribution in [2.75, 3.05) is 4.90 Å². The molecule has 0 unspecified atom stereocenters. The van der Waals surface area contributed by atoms with Gasteiger partial charge in [0.25, 0.3) is 0 Å². The van der Waals surface area contributed by atoms with Gasteiger partial charge in [0.05, 0.1) is 5.69 Å². The molecule has 54 heavy (non-hydrogen) atoms. The van der Waals surface area contributed by atoms with Gasteiger partial charge in [0.1, 0.15) is 11.2 Å². The zero-order valence-corrected chi connectivity index (χ0v) is 29.6. The summed E-state index contributed by atoms with van der Waals surface area (Å²) in [7, 11) is 0. The molecule has 10 rings (SSSR count). The number of hydrogen-bond donors (Lipinski definition) is 0. The Morgan fingerprint density at radius 2 is 0.833 bits per heavy atom. The quantitative estimate of drug-likeness (QED) is 0.166. The van der Waals surface area contributed by atoms with Crippen LogP contribution in [0.4, 0.5) is 17.1 Å². The van der Waals surface area contributed by atoms with Gasteiger partial charge in [-0.05, 0) is 104 Å². The van der Waals surface area contributed by atoms with Crippen molar-refractivity contribution in [1.29, 1.82) is 0 Å². The zero-order chi connectivity index (χ0) is 35.8. The van der Waals surface area contributed by atoms with E-state index in [4.69, 9.17) is 4.42 Å². The SMILES string of the molecule is c1ccc(-c2ccc(N(c3ccc(-c4ccc(-c5ccccc5)c(-c5ccc6oc7ccccc7c6c5)c4)cc3)c3cccc4ccccc34)cc2)cc1. The number of furan rings is 1. The molecule has 0 amide bonds. The number of rotatable bonds is 7. The van der Waals surface area contributed by atoms with Crippen molar-refractivity contribution < 1.29 is 4.42 Å². The van der Waals surface area contributed by atoms with E-state index in [0.717, 1.165) is 55.7 Å². The molecule has 0 bridgehead atoms. The molecular formula is C52H35NO. The molecule has 0 aliphatic carbocycles. The highest BCUT2D eigenvalue weighted by Crippen LogP contribution is 2.42. The highest BCUT2D eigenvalue weighted by Gasteiger charge is 2.17. The number of benzene rings is 9. The summed E-state index contributed by atoms with van der Waals surface area (Å²) in [5.74, 6) is 0. The summed E-state index contributed by atoms with van der Waals surface area (Å²) < 4.78 is 6.19. The molecule has 254 valence electrons. The van der Waals surface area contributed by atoms with Crippen molar-refractivity contribution in [1.82, 2.24) is 0 Å². The van der Waals surface area contributed by atoms with E-state index in [1.54, 1.807) is 0 Å². The van der Waals surface area contributed by atoms with Crippen molar-refractivity contribution in [3.05, 3.63) is 212 Å². The molecule has 0 fully saturated rings. The molecule has 0 saturated carbocycles. The van der Waals surface area contributed by atoms with Gasteiger partial charge in [0, 0.05) is 27.5 Å². The van der Waals surface area contributed by atoms with Gasteiger partial charge in [-0.25, -0.2) is 0 Å². The first-order chi connectivity index (χ1) is 26.8. The molecule has 0 saturated heterocycles. The van der Waals surface area contributed by atoms with E-state index in [-0.39, 0.29) is 0 Å². The standard InChI is InChI=1S/C52H35NO/c1-3-12-36(13-4-1)37-22-28-43(29-23-37)53(50-20-11-17-40-16-7-8-18-46(40)50)44-30-24-38(25-31-44)41-26-32-45(39-14-5-2-6-15-39)48(34-41)42-27-33-52-49(35-42)47-19-9-10-21-51(47)54-52/h1-35H. The lowest BCUT2D eigenvalue weighted by Gasteiger charge is -2.27. The zero-order valence-electron chi connectivity index (χ0n) is 29.6. The summed E-state index contributed by atoms with van der Waals surface area (Å²) in [6.45, 7) is 0. The second kappa shape index (κ2) is 13.4. The molecule has 1 heterocycles. The molecule has 0 aliphatic rings. The third-order valence-corrected chi connectivity index (χ3v) is 10.5. The first-order valence-corrected chi connectivity index (χ1v) is 18.4. The average Bonchev–Trinajstić information content (AvgIpc) is 3.63. The van der Waals surface area contributed by atoms with Crippen molar-refractivity contribution in [3.63, 3.8) is 0 Å². The van der Waals surface area contributed by atoms with E-state index >= 15 is 0 Å². The number of anilines is 3. The van der Waals surface area contributed by atoms with Crippen LogP contribution in [-0.4, -0.2) is 0 Å². The Bertz CT molecular complexity index is 2900. The third kappa shape index (κ3) is 5.71. The summed E-state index contributed by atoms with van der Waals surface area (Å²) in [6, 6.07) is 76.0. The van der Waals surface area contributed by atoms with Gasteiger partial charge in [-0.2, -0.15) is 0 Å². The maximum atomic E-state index is 6.19. The van der Waals surface area contributed by atoms with Gasteiger partial charge >= 0.3 is 0 Å². The number of para-hydroxylation sites is 1. The maximum Gasteiger partial charge on any atom is 0.135 e. The summed E-state index contributed by atoms with van der Waals surface area (Å²) >= 11 is 0. The smallest absolute Gasteiger partial charge is 0.135 e. The Kier molecular flexibility index (Phi) is 7.85. The predicted molar refractivity (Wildman–Crippen MR) is 228 cm³/mol. The van der Waals surface area contributed by atoms with Crippen LogP contribution >= 0.6 is 0 Å². The van der Waals surface area contributed by atoms with Crippen LogP contribution in [0.1, 0.15) is 0 Å². The molecule has 1 aromatic heterocycles. The average molecular weight is 690 g/mol. The molecular weight excluding hydrogens is 655 g/mol. The van der Waals surface area contributed by atoms with E-state index in [0.29, 0.717) is 0 Å². The van der Waals surface area contributed by atoms with Gasteiger partial charge in [0.2, 0.25) is 0 Å². The van der Waals surface area contributed by atoms with Crippen LogP contribution in [0, 0.1) is 0 Å². The lowest BCUT2D eigenvalue weighted by Crippen LogP contribution is -2.10. The summed E-state index contributed by atoms with van der Waals surface area (Å²) in [5.41, 5.74) is 14.6. The van der Waals surface area contributed by atoms with Gasteiger partial charge in [-0.15, -0.1) is 0 Å². The van der Waals surface area contributed by atoms with E-state index in [1.807, 2.05) is 12.1 Å². The normalized spacial score (nSPS) is 11.3. The van der Waals surface area contributed by atoms with Gasteiger partial charge in [0.15, 0.2) is 0 Å². The van der Waals surface area contributed by atoms with E-state index in [9.17, 15) is 0 Å². The Labute approximate surface area is 314 Å². The second-order valence-electron chi connectivity index (χ2n) is 13.7. The Balaban J connectivity index is 1.08. The highest BCUT2D eigenvalue weighted by molar-refractivity contribution is 6.07. The van der Waals surface area contributed by atoms with Crippen molar-refractivity contribution in [2.45, 2.75) is 0 Å². The van der Waals surface area contributed by atoms with Crippen LogP contribution < -0.4 is 4.90 Å². The maximum absolute atomic E-state index is 6.19. The fraction of sp³-hybridized carbons (Fsp3) is 0. The molecule has 9 aromatic carbocycles. The van der Waals surface area contributed by atoms with Crippen molar-refractivity contribution in [3.8, 4) is 44.5 Å². The molecule has 0 N–H and O–H groups in total. The summed E-state index contributed by atoms with van der Waals surface area (Å²) in [5, 5.41) is 4.68. The van der Waals surface area contributed by atoms with E-state index < -0.39 is 0 Å². The first kappa shape index (κ1) is 31.6. The monoisotopic (exact) mass is 689 g/mol. The minimum atomic E-state index is 0.901. The lowest BCUT2D eigenvalue weighted by molar-refractivity contribution is 0.669. The minimum Gasteiger partial charge on any atom is -0.456 e. The molecule has 0 spiro atoms. The van der Waals surface area contributed by atoms with Gasteiger partial charge < -0.3 is 9.32 Å². The number of hydrogen-bond acceptors (Lipinski definition) is 2.